The Bertz CT molecular complexity index is 607. The first-order chi connectivity index (χ1) is 8.60. The number of hydrogen-bond acceptors (Lipinski definition) is 4. The van der Waals surface area contributed by atoms with Gasteiger partial charge in [0.25, 0.3) is 0 Å². The zero-order chi connectivity index (χ0) is 13.3. The van der Waals surface area contributed by atoms with Gasteiger partial charge in [0.2, 0.25) is 0 Å². The Hall–Kier alpha value is -1.62. The second-order valence-corrected chi connectivity index (χ2v) is 4.17. The van der Waals surface area contributed by atoms with Crippen molar-refractivity contribution in [2.45, 2.75) is 27.3 Å². The van der Waals surface area contributed by atoms with Gasteiger partial charge in [-0.25, -0.2) is 14.8 Å². The summed E-state index contributed by atoms with van der Waals surface area (Å²) in [4.78, 5) is 20.3. The molecule has 2 rings (SSSR count). The quantitative estimate of drug-likeness (QED) is 0.634. The molecule has 2 aromatic rings. The number of ether oxygens (including phenoxy) is 1. The van der Waals surface area contributed by atoms with E-state index >= 15 is 0 Å². The summed E-state index contributed by atoms with van der Waals surface area (Å²) in [5, 5.41) is 0.308. The van der Waals surface area contributed by atoms with Gasteiger partial charge in [0.1, 0.15) is 11.1 Å². The van der Waals surface area contributed by atoms with E-state index in [4.69, 9.17) is 16.3 Å². The maximum atomic E-state index is 12.0. The molecule has 0 N–H and O–H groups in total. The van der Waals surface area contributed by atoms with Crippen LogP contribution in [0.1, 0.15) is 29.9 Å². The average molecular weight is 268 g/mol. The average Bonchev–Trinajstić information content (AvgIpc) is 2.73. The number of carbonyl (C=O) groups is 1. The second-order valence-electron chi connectivity index (χ2n) is 3.81. The molecule has 0 radical (unpaired) electrons. The van der Waals surface area contributed by atoms with Gasteiger partial charge in [0.15, 0.2) is 5.15 Å². The van der Waals surface area contributed by atoms with Gasteiger partial charge in [-0.3, -0.25) is 0 Å². The van der Waals surface area contributed by atoms with Crippen molar-refractivity contribution in [3.63, 3.8) is 0 Å². The van der Waals surface area contributed by atoms with Gasteiger partial charge >= 0.3 is 5.97 Å². The largest absolute Gasteiger partial charge is 0.462 e. The van der Waals surface area contributed by atoms with E-state index in [1.54, 1.807) is 20.2 Å². The molecule has 0 aliphatic heterocycles. The molecule has 0 aliphatic carbocycles. The molecule has 18 heavy (non-hydrogen) atoms. The fourth-order valence-electron chi connectivity index (χ4n) is 1.91. The van der Waals surface area contributed by atoms with Crippen molar-refractivity contribution in [2.75, 3.05) is 6.61 Å². The topological polar surface area (TPSA) is 57.0 Å². The van der Waals surface area contributed by atoms with Crippen LogP contribution in [-0.2, 0) is 11.3 Å². The van der Waals surface area contributed by atoms with Crippen LogP contribution in [0.4, 0.5) is 0 Å². The first kappa shape index (κ1) is 12.8. The summed E-state index contributed by atoms with van der Waals surface area (Å²) in [7, 11) is 0. The van der Waals surface area contributed by atoms with Gasteiger partial charge in [-0.05, 0) is 20.8 Å². The summed E-state index contributed by atoms with van der Waals surface area (Å²) in [5.74, 6) is -0.389. The number of esters is 1. The molecular formula is C12H14ClN3O2. The van der Waals surface area contributed by atoms with Crippen molar-refractivity contribution < 1.29 is 9.53 Å². The van der Waals surface area contributed by atoms with E-state index in [0.29, 0.717) is 40.6 Å². The molecule has 0 saturated carbocycles. The minimum atomic E-state index is -0.389. The van der Waals surface area contributed by atoms with Crippen molar-refractivity contribution >= 4 is 28.6 Å². The molecule has 96 valence electrons. The molecule has 0 bridgehead atoms. The van der Waals surface area contributed by atoms with Gasteiger partial charge in [0, 0.05) is 6.54 Å². The molecule has 2 aromatic heterocycles. The van der Waals surface area contributed by atoms with Crippen LogP contribution in [0.2, 0.25) is 5.15 Å². The van der Waals surface area contributed by atoms with Gasteiger partial charge in [-0.15, -0.1) is 0 Å². The molecule has 2 heterocycles. The Morgan fingerprint density at radius 1 is 1.50 bits per heavy atom. The molecule has 0 atom stereocenters. The second kappa shape index (κ2) is 4.94. The molecule has 0 fully saturated rings. The molecular weight excluding hydrogens is 254 g/mol. The summed E-state index contributed by atoms with van der Waals surface area (Å²) in [5.41, 5.74) is 2.22. The van der Waals surface area contributed by atoms with Gasteiger partial charge in [-0.2, -0.15) is 0 Å². The van der Waals surface area contributed by atoms with Crippen molar-refractivity contribution in [3.05, 3.63) is 22.7 Å². The predicted octanol–water partition coefficient (Wildman–Crippen LogP) is 2.59. The molecule has 0 aliphatic rings. The Kier molecular flexibility index (Phi) is 3.52. The number of halogens is 1. The zero-order valence-corrected chi connectivity index (χ0v) is 11.3. The number of aromatic nitrogens is 3. The van der Waals surface area contributed by atoms with Crippen LogP contribution >= 0.6 is 11.6 Å². The van der Waals surface area contributed by atoms with E-state index in [1.165, 1.54) is 0 Å². The Morgan fingerprint density at radius 3 is 2.83 bits per heavy atom. The highest BCUT2D eigenvalue weighted by Gasteiger charge is 2.21. The van der Waals surface area contributed by atoms with Crippen molar-refractivity contribution in [1.82, 2.24) is 14.5 Å². The number of nitrogens with zero attached hydrogens (tertiary/aromatic N) is 3. The standard InChI is InChI=1S/C12H14ClN3O2/c1-4-16-6-14-9-10(16)8(12(17)18-5-2)7(3)15-11(9)13/h6H,4-5H2,1-3H3. The summed E-state index contributed by atoms with van der Waals surface area (Å²) in [6.45, 7) is 6.50. The van der Waals surface area contributed by atoms with E-state index in [1.807, 2.05) is 11.5 Å². The van der Waals surface area contributed by atoms with Gasteiger partial charge in [-0.1, -0.05) is 11.6 Å². The summed E-state index contributed by atoms with van der Waals surface area (Å²) < 4.78 is 6.93. The van der Waals surface area contributed by atoms with Crippen molar-refractivity contribution in [1.29, 1.82) is 0 Å². The molecule has 0 amide bonds. The van der Waals surface area contributed by atoms with Crippen molar-refractivity contribution in [2.24, 2.45) is 0 Å². The minimum absolute atomic E-state index is 0.308. The highest BCUT2D eigenvalue weighted by molar-refractivity contribution is 6.34. The monoisotopic (exact) mass is 267 g/mol. The van der Waals surface area contributed by atoms with Crippen LogP contribution in [0, 0.1) is 6.92 Å². The third kappa shape index (κ3) is 1.95. The van der Waals surface area contributed by atoms with E-state index in [2.05, 4.69) is 9.97 Å². The minimum Gasteiger partial charge on any atom is -0.462 e. The Balaban J connectivity index is 2.77. The van der Waals surface area contributed by atoms with Crippen LogP contribution in [0.15, 0.2) is 6.33 Å². The fourth-order valence-corrected chi connectivity index (χ4v) is 2.18. The first-order valence-corrected chi connectivity index (χ1v) is 6.16. The van der Waals surface area contributed by atoms with Crippen LogP contribution in [0.25, 0.3) is 11.0 Å². The summed E-state index contributed by atoms with van der Waals surface area (Å²) in [6, 6.07) is 0. The number of rotatable bonds is 3. The molecule has 0 aromatic carbocycles. The molecule has 0 unspecified atom stereocenters. The lowest BCUT2D eigenvalue weighted by molar-refractivity contribution is 0.0527. The predicted molar refractivity (Wildman–Crippen MR) is 68.9 cm³/mol. The van der Waals surface area contributed by atoms with Crippen LogP contribution in [0.5, 0.6) is 0 Å². The lowest BCUT2D eigenvalue weighted by Crippen LogP contribution is -2.11. The number of hydrogen-bond donors (Lipinski definition) is 0. The SMILES string of the molecule is CCOC(=O)c1c(C)nc(Cl)c2ncn(CC)c12. The maximum absolute atomic E-state index is 12.0. The van der Waals surface area contributed by atoms with Crippen LogP contribution in [0.3, 0.4) is 0 Å². The van der Waals surface area contributed by atoms with E-state index < -0.39 is 0 Å². The third-order valence-corrected chi connectivity index (χ3v) is 2.98. The Labute approximate surface area is 110 Å². The third-order valence-electron chi connectivity index (χ3n) is 2.72. The lowest BCUT2D eigenvalue weighted by Gasteiger charge is -2.09. The first-order valence-electron chi connectivity index (χ1n) is 5.78. The molecule has 0 saturated heterocycles. The molecule has 5 nitrogen and oxygen atoms in total. The molecule has 6 heteroatoms. The van der Waals surface area contributed by atoms with Crippen LogP contribution < -0.4 is 0 Å². The normalized spacial score (nSPS) is 10.9. The smallest absolute Gasteiger partial charge is 0.342 e. The zero-order valence-electron chi connectivity index (χ0n) is 10.5. The van der Waals surface area contributed by atoms with Gasteiger partial charge < -0.3 is 9.30 Å². The fraction of sp³-hybridized carbons (Fsp3) is 0.417. The van der Waals surface area contributed by atoms with Crippen LogP contribution in [-0.4, -0.2) is 27.1 Å². The Morgan fingerprint density at radius 2 is 2.22 bits per heavy atom. The number of carbonyl (C=O) groups excluding carboxylic acids is 1. The van der Waals surface area contributed by atoms with E-state index in [0.717, 1.165) is 0 Å². The number of imidazole rings is 1. The highest BCUT2D eigenvalue weighted by atomic mass is 35.5. The summed E-state index contributed by atoms with van der Waals surface area (Å²) >= 11 is 6.05. The van der Waals surface area contributed by atoms with Crippen molar-refractivity contribution in [3.8, 4) is 0 Å². The number of aryl methyl sites for hydroxylation is 2. The maximum Gasteiger partial charge on any atom is 0.342 e. The highest BCUT2D eigenvalue weighted by Crippen LogP contribution is 2.26. The van der Waals surface area contributed by atoms with E-state index in [-0.39, 0.29) is 5.97 Å². The van der Waals surface area contributed by atoms with Gasteiger partial charge in [0.05, 0.1) is 24.1 Å². The van der Waals surface area contributed by atoms with E-state index in [9.17, 15) is 4.79 Å². The number of fused-ring (bicyclic) bond motifs is 1. The lowest BCUT2D eigenvalue weighted by atomic mass is 10.1. The molecule has 0 spiro atoms. The summed E-state index contributed by atoms with van der Waals surface area (Å²) in [6.07, 6.45) is 1.65. The number of pyridine rings is 1.